The summed E-state index contributed by atoms with van der Waals surface area (Å²) in [5.41, 5.74) is 0.562. The number of likely N-dealkylation sites (N-methyl/N-ethyl adjacent to an activating group) is 1. The molecule has 39 heavy (non-hydrogen) atoms. The van der Waals surface area contributed by atoms with Crippen molar-refractivity contribution in [3.05, 3.63) is 41.9 Å². The van der Waals surface area contributed by atoms with Crippen LogP contribution in [0, 0.1) is 23.2 Å². The Morgan fingerprint density at radius 3 is 2.72 bits per heavy atom. The van der Waals surface area contributed by atoms with Crippen molar-refractivity contribution in [1.29, 1.82) is 5.26 Å². The lowest BCUT2D eigenvalue weighted by atomic mass is 9.69. The van der Waals surface area contributed by atoms with Crippen molar-refractivity contribution in [1.82, 2.24) is 24.3 Å². The molecule has 3 heterocycles. The van der Waals surface area contributed by atoms with E-state index < -0.39 is 11.7 Å². The normalized spacial score (nSPS) is 19.3. The van der Waals surface area contributed by atoms with Gasteiger partial charge in [0, 0.05) is 32.7 Å². The maximum atomic E-state index is 14.0. The number of hydrogen-bond acceptors (Lipinski definition) is 6. The van der Waals surface area contributed by atoms with Crippen molar-refractivity contribution in [3.63, 3.8) is 0 Å². The summed E-state index contributed by atoms with van der Waals surface area (Å²) in [6, 6.07) is 7.34. The average Bonchev–Trinajstić information content (AvgIpc) is 3.27. The number of carbonyl (C=O) groups excluding carboxylic acids is 1. The minimum Gasteiger partial charge on any atom is -0.493 e. The third-order valence-electron chi connectivity index (χ3n) is 7.96. The molecule has 1 amide bonds. The minimum absolute atomic E-state index is 0.0164. The lowest BCUT2D eigenvalue weighted by molar-refractivity contribution is -0.138. The molecule has 2 aromatic heterocycles. The number of aryl methyl sites for hydroxylation is 1. The van der Waals surface area contributed by atoms with Crippen LogP contribution in [0.25, 0.3) is 22.3 Å². The number of fused-ring (bicyclic) bond motifs is 2. The standard InChI is InChI=1S/C28H31F3N6O2/c1-35(26(38)16-37-10-8-18-4-5-20(18)15-37)9-3-11-39-25-7-6-19(12-21(25)28(29,30)31)22-13-24-27(23(14-32)34-22)33-17-36(24)2/h6-7,12-13,17-18,20H,3-5,8-11,15-16H2,1-2H3. The van der Waals surface area contributed by atoms with Crippen molar-refractivity contribution in [2.45, 2.75) is 31.9 Å². The van der Waals surface area contributed by atoms with Gasteiger partial charge in [-0.1, -0.05) is 0 Å². The maximum absolute atomic E-state index is 14.0. The lowest BCUT2D eigenvalue weighted by Gasteiger charge is -2.45. The zero-order valence-corrected chi connectivity index (χ0v) is 22.0. The first-order chi connectivity index (χ1) is 18.6. The maximum Gasteiger partial charge on any atom is 0.419 e. The van der Waals surface area contributed by atoms with E-state index >= 15 is 0 Å². The number of rotatable bonds is 8. The van der Waals surface area contributed by atoms with E-state index in [4.69, 9.17) is 4.74 Å². The number of ether oxygens (including phenoxy) is 1. The molecule has 0 bridgehead atoms. The number of benzene rings is 1. The Labute approximate surface area is 225 Å². The molecule has 2 atom stereocenters. The van der Waals surface area contributed by atoms with Crippen LogP contribution >= 0.6 is 0 Å². The SMILES string of the molecule is CN(CCCOc1ccc(-c2cc3c(ncn3C)c(C#N)n2)cc1C(F)(F)F)C(=O)CN1CCC2CCC2C1. The van der Waals surface area contributed by atoms with Gasteiger partial charge in [0.2, 0.25) is 5.91 Å². The van der Waals surface area contributed by atoms with Crippen molar-refractivity contribution in [2.75, 3.05) is 39.8 Å². The van der Waals surface area contributed by atoms with E-state index in [1.165, 1.54) is 31.3 Å². The molecule has 2 aliphatic rings. The van der Waals surface area contributed by atoms with E-state index in [1.54, 1.807) is 29.6 Å². The number of aromatic nitrogens is 3. The van der Waals surface area contributed by atoms with Gasteiger partial charge in [-0.25, -0.2) is 9.97 Å². The van der Waals surface area contributed by atoms with Gasteiger partial charge >= 0.3 is 6.18 Å². The Bertz CT molecular complexity index is 1410. The fraction of sp³-hybridized carbons (Fsp3) is 0.500. The predicted octanol–water partition coefficient (Wildman–Crippen LogP) is 4.48. The predicted molar refractivity (Wildman–Crippen MR) is 139 cm³/mol. The van der Waals surface area contributed by atoms with Crippen LogP contribution in [0.5, 0.6) is 5.75 Å². The Kier molecular flexibility index (Phi) is 7.49. The molecule has 2 unspecified atom stereocenters. The molecule has 1 aromatic carbocycles. The Hall–Kier alpha value is -3.65. The molecule has 0 spiro atoms. The van der Waals surface area contributed by atoms with Gasteiger partial charge in [0.1, 0.15) is 17.3 Å². The molecule has 206 valence electrons. The van der Waals surface area contributed by atoms with E-state index in [0.717, 1.165) is 37.4 Å². The van der Waals surface area contributed by atoms with E-state index in [0.29, 0.717) is 30.5 Å². The van der Waals surface area contributed by atoms with Gasteiger partial charge in [-0.15, -0.1) is 0 Å². The van der Waals surface area contributed by atoms with E-state index in [9.17, 15) is 23.2 Å². The average molecular weight is 541 g/mol. The van der Waals surface area contributed by atoms with Crippen LogP contribution in [0.2, 0.25) is 0 Å². The molecular weight excluding hydrogens is 509 g/mol. The number of amides is 1. The Morgan fingerprint density at radius 2 is 2.03 bits per heavy atom. The number of pyridine rings is 1. The molecular formula is C28H31F3N6O2. The third kappa shape index (κ3) is 5.71. The van der Waals surface area contributed by atoms with Gasteiger partial charge in [0.25, 0.3) is 0 Å². The largest absolute Gasteiger partial charge is 0.493 e. The van der Waals surface area contributed by atoms with Gasteiger partial charge in [0.05, 0.1) is 36.3 Å². The van der Waals surface area contributed by atoms with Crippen molar-refractivity contribution < 1.29 is 22.7 Å². The monoisotopic (exact) mass is 540 g/mol. The highest BCUT2D eigenvalue weighted by Crippen LogP contribution is 2.40. The zero-order valence-electron chi connectivity index (χ0n) is 22.0. The summed E-state index contributed by atoms with van der Waals surface area (Å²) in [4.78, 5) is 24.9. The topological polar surface area (TPSA) is 87.3 Å². The Balaban J connectivity index is 1.21. The summed E-state index contributed by atoms with van der Waals surface area (Å²) < 4.78 is 49.1. The summed E-state index contributed by atoms with van der Waals surface area (Å²) in [7, 11) is 3.45. The van der Waals surface area contributed by atoms with Crippen LogP contribution in [0.4, 0.5) is 13.2 Å². The molecule has 0 N–H and O–H groups in total. The summed E-state index contributed by atoms with van der Waals surface area (Å²) in [5, 5.41) is 9.45. The molecule has 3 aromatic rings. The summed E-state index contributed by atoms with van der Waals surface area (Å²) in [6.07, 6.45) is 0.989. The molecule has 11 heteroatoms. The number of nitrogens with zero attached hydrogens (tertiary/aromatic N) is 6. The minimum atomic E-state index is -4.65. The summed E-state index contributed by atoms with van der Waals surface area (Å²) in [6.45, 7) is 2.73. The highest BCUT2D eigenvalue weighted by Gasteiger charge is 2.37. The third-order valence-corrected chi connectivity index (χ3v) is 7.96. The first-order valence-electron chi connectivity index (χ1n) is 13.2. The quantitative estimate of drug-likeness (QED) is 0.392. The van der Waals surface area contributed by atoms with Gasteiger partial charge < -0.3 is 14.2 Å². The molecule has 1 saturated carbocycles. The number of imidazole rings is 1. The number of likely N-dealkylation sites (tertiary alicyclic amines) is 1. The summed E-state index contributed by atoms with van der Waals surface area (Å²) in [5.74, 6) is 1.29. The van der Waals surface area contributed by atoms with Crippen LogP contribution in [0.1, 0.15) is 36.9 Å². The number of alkyl halides is 3. The van der Waals surface area contributed by atoms with Crippen LogP contribution in [0.3, 0.4) is 0 Å². The highest BCUT2D eigenvalue weighted by atomic mass is 19.4. The summed E-state index contributed by atoms with van der Waals surface area (Å²) >= 11 is 0. The van der Waals surface area contributed by atoms with Gasteiger partial charge in [0.15, 0.2) is 5.69 Å². The van der Waals surface area contributed by atoms with E-state index in [2.05, 4.69) is 14.9 Å². The highest BCUT2D eigenvalue weighted by molar-refractivity contribution is 5.84. The van der Waals surface area contributed by atoms with Crippen LogP contribution in [-0.4, -0.2) is 70.1 Å². The lowest BCUT2D eigenvalue weighted by Crippen LogP contribution is -2.48. The second-order valence-corrected chi connectivity index (χ2v) is 10.5. The first-order valence-corrected chi connectivity index (χ1v) is 13.2. The zero-order chi connectivity index (χ0) is 27.7. The van der Waals surface area contributed by atoms with E-state index in [-0.39, 0.29) is 35.2 Å². The smallest absolute Gasteiger partial charge is 0.419 e. The van der Waals surface area contributed by atoms with Crippen molar-refractivity contribution in [3.8, 4) is 23.1 Å². The van der Waals surface area contributed by atoms with Gasteiger partial charge in [-0.05, 0) is 68.3 Å². The van der Waals surface area contributed by atoms with Crippen LogP contribution in [0.15, 0.2) is 30.6 Å². The fourth-order valence-corrected chi connectivity index (χ4v) is 5.48. The van der Waals surface area contributed by atoms with Crippen molar-refractivity contribution in [2.24, 2.45) is 18.9 Å². The molecule has 2 fully saturated rings. The molecule has 5 rings (SSSR count). The second kappa shape index (κ2) is 10.8. The number of nitriles is 1. The first kappa shape index (κ1) is 26.9. The fourth-order valence-electron chi connectivity index (χ4n) is 5.48. The molecule has 1 saturated heterocycles. The second-order valence-electron chi connectivity index (χ2n) is 10.5. The van der Waals surface area contributed by atoms with Crippen LogP contribution < -0.4 is 4.74 Å². The van der Waals surface area contributed by atoms with Crippen LogP contribution in [-0.2, 0) is 18.0 Å². The molecule has 0 radical (unpaired) electrons. The van der Waals surface area contributed by atoms with Gasteiger partial charge in [-0.3, -0.25) is 9.69 Å². The molecule has 1 aliphatic carbocycles. The van der Waals surface area contributed by atoms with E-state index in [1.807, 2.05) is 6.07 Å². The number of piperidine rings is 1. The number of hydrogen-bond donors (Lipinski definition) is 0. The van der Waals surface area contributed by atoms with Crippen molar-refractivity contribution >= 4 is 16.9 Å². The number of carbonyl (C=O) groups is 1. The van der Waals surface area contributed by atoms with Gasteiger partial charge in [-0.2, -0.15) is 18.4 Å². The molecule has 1 aliphatic heterocycles. The number of halogens is 3. The Morgan fingerprint density at radius 1 is 1.23 bits per heavy atom. The molecule has 8 nitrogen and oxygen atoms in total.